The summed E-state index contributed by atoms with van der Waals surface area (Å²) >= 11 is 3.14. The topological polar surface area (TPSA) is 65.2 Å². The number of hydrogen-bond acceptors (Lipinski definition) is 4. The average molecular weight is 328 g/mol. The molecule has 1 unspecified atom stereocenters. The summed E-state index contributed by atoms with van der Waals surface area (Å²) in [6.07, 6.45) is -0.349. The van der Waals surface area contributed by atoms with Gasteiger partial charge in [0.2, 0.25) is 6.17 Å². The maximum atomic E-state index is 13.6. The molecule has 0 radical (unpaired) electrons. The number of carbonyl (C=O) groups excluding carboxylic acids is 1. The fourth-order valence-corrected chi connectivity index (χ4v) is 1.69. The van der Waals surface area contributed by atoms with Crippen molar-refractivity contribution in [3.63, 3.8) is 0 Å². The highest BCUT2D eigenvalue weighted by atomic mass is 79.9. The second-order valence-corrected chi connectivity index (χ2v) is 3.81. The van der Waals surface area contributed by atoms with Gasteiger partial charge in [-0.05, 0) is 28.9 Å². The molecule has 1 rings (SSSR count). The van der Waals surface area contributed by atoms with E-state index in [1.165, 1.54) is 6.20 Å². The van der Waals surface area contributed by atoms with E-state index in [9.17, 15) is 9.18 Å². The van der Waals surface area contributed by atoms with Gasteiger partial charge in [-0.1, -0.05) is 6.07 Å². The number of esters is 1. The minimum Gasteiger partial charge on any atom is -0.464 e. The van der Waals surface area contributed by atoms with Gasteiger partial charge in [-0.2, -0.15) is 0 Å². The lowest BCUT2D eigenvalue weighted by Crippen LogP contribution is -2.31. The normalized spacial score (nSPS) is 13.4. The summed E-state index contributed by atoms with van der Waals surface area (Å²) in [5.74, 6) is -0.953. The van der Waals surface area contributed by atoms with E-state index in [1.807, 2.05) is 0 Å². The van der Waals surface area contributed by atoms with E-state index in [0.29, 0.717) is 10.2 Å². The molecule has 2 atom stereocenters. The molecule has 0 fully saturated rings. The van der Waals surface area contributed by atoms with Crippen LogP contribution in [0.3, 0.4) is 0 Å². The van der Waals surface area contributed by atoms with Crippen molar-refractivity contribution in [3.8, 4) is 0 Å². The molecule has 4 nitrogen and oxygen atoms in total. The van der Waals surface area contributed by atoms with Gasteiger partial charge in [0.1, 0.15) is 4.60 Å². The van der Waals surface area contributed by atoms with Crippen molar-refractivity contribution in [2.24, 2.45) is 5.73 Å². The molecule has 0 aliphatic rings. The third-order valence-electron chi connectivity index (χ3n) is 1.97. The molecule has 0 aromatic carbocycles. The molecule has 1 aromatic rings. The van der Waals surface area contributed by atoms with Gasteiger partial charge in [-0.25, -0.2) is 14.2 Å². The van der Waals surface area contributed by atoms with Crippen LogP contribution in [-0.2, 0) is 9.53 Å². The predicted octanol–water partition coefficient (Wildman–Crippen LogP) is 2.17. The summed E-state index contributed by atoms with van der Waals surface area (Å²) in [4.78, 5) is 15.1. The molecule has 0 aliphatic carbocycles. The minimum absolute atomic E-state index is 0. The molecule has 96 valence electrons. The van der Waals surface area contributed by atoms with E-state index in [4.69, 9.17) is 5.73 Å². The molecule has 0 saturated heterocycles. The average Bonchev–Trinajstić information content (AvgIpc) is 2.28. The third-order valence-corrected chi connectivity index (χ3v) is 2.64. The lowest BCUT2D eigenvalue weighted by molar-refractivity contribution is -0.149. The van der Waals surface area contributed by atoms with E-state index in [0.717, 1.165) is 0 Å². The number of nitrogens with zero attached hydrogens (tertiary/aromatic N) is 1. The molecule has 0 bridgehead atoms. The highest BCUT2D eigenvalue weighted by Gasteiger charge is 2.29. The van der Waals surface area contributed by atoms with Crippen LogP contribution < -0.4 is 5.73 Å². The van der Waals surface area contributed by atoms with Gasteiger partial charge in [-0.15, -0.1) is 12.4 Å². The van der Waals surface area contributed by atoms with Crippen molar-refractivity contribution < 1.29 is 13.9 Å². The van der Waals surface area contributed by atoms with Gasteiger partial charge in [-0.3, -0.25) is 0 Å². The standard InChI is InChI=1S/C10H12BrFN2O2.ClH/c1-2-16-10(15)7(12)8(13)6-4-3-5-14-9(6)11;/h3-5,7-8H,2,13H2,1H3;1H/t7?,8-;/m1./s1. The summed E-state index contributed by atoms with van der Waals surface area (Å²) in [6, 6.07) is 2.15. The maximum Gasteiger partial charge on any atom is 0.342 e. The van der Waals surface area contributed by atoms with Crippen LogP contribution in [0.1, 0.15) is 18.5 Å². The van der Waals surface area contributed by atoms with Crippen LogP contribution in [0.15, 0.2) is 22.9 Å². The molecule has 2 N–H and O–H groups in total. The number of rotatable bonds is 4. The van der Waals surface area contributed by atoms with Crippen LogP contribution >= 0.6 is 28.3 Å². The zero-order valence-corrected chi connectivity index (χ0v) is 11.5. The molecule has 0 saturated carbocycles. The number of carbonyl (C=O) groups is 1. The molecular formula is C10H13BrClFN2O2. The van der Waals surface area contributed by atoms with Crippen LogP contribution in [0, 0.1) is 0 Å². The van der Waals surface area contributed by atoms with Gasteiger partial charge >= 0.3 is 5.97 Å². The number of alkyl halides is 1. The van der Waals surface area contributed by atoms with E-state index in [2.05, 4.69) is 25.7 Å². The van der Waals surface area contributed by atoms with Gasteiger partial charge in [0.15, 0.2) is 0 Å². The molecule has 7 heteroatoms. The molecule has 0 spiro atoms. The number of aromatic nitrogens is 1. The Labute approximate surface area is 113 Å². The minimum atomic E-state index is -1.89. The van der Waals surface area contributed by atoms with Crippen molar-refractivity contribution >= 4 is 34.3 Å². The lowest BCUT2D eigenvalue weighted by atomic mass is 10.1. The van der Waals surface area contributed by atoms with Crippen molar-refractivity contribution in [3.05, 3.63) is 28.5 Å². The number of pyridine rings is 1. The highest BCUT2D eigenvalue weighted by Crippen LogP contribution is 2.23. The molecule has 0 aliphatic heterocycles. The van der Waals surface area contributed by atoms with Crippen LogP contribution in [0.4, 0.5) is 4.39 Å². The van der Waals surface area contributed by atoms with Gasteiger partial charge in [0.25, 0.3) is 0 Å². The van der Waals surface area contributed by atoms with Crippen molar-refractivity contribution in [2.45, 2.75) is 19.1 Å². The number of hydrogen-bond donors (Lipinski definition) is 1. The molecule has 1 aromatic heterocycles. The monoisotopic (exact) mass is 326 g/mol. The molecule has 0 amide bonds. The predicted molar refractivity (Wildman–Crippen MR) is 67.6 cm³/mol. The summed E-state index contributed by atoms with van der Waals surface area (Å²) in [5, 5.41) is 0. The molecular weight excluding hydrogens is 314 g/mol. The number of halogens is 3. The maximum absolute atomic E-state index is 13.6. The first-order chi connectivity index (χ1) is 7.57. The van der Waals surface area contributed by atoms with Crippen molar-refractivity contribution in [1.29, 1.82) is 0 Å². The fraction of sp³-hybridized carbons (Fsp3) is 0.400. The van der Waals surface area contributed by atoms with Crippen LogP contribution in [0.2, 0.25) is 0 Å². The Morgan fingerprint density at radius 2 is 2.35 bits per heavy atom. The summed E-state index contributed by atoms with van der Waals surface area (Å²) < 4.78 is 18.6. The lowest BCUT2D eigenvalue weighted by Gasteiger charge is -2.16. The van der Waals surface area contributed by atoms with E-state index in [-0.39, 0.29) is 19.0 Å². The van der Waals surface area contributed by atoms with Crippen molar-refractivity contribution in [1.82, 2.24) is 4.98 Å². The molecule has 1 heterocycles. The van der Waals surface area contributed by atoms with Gasteiger partial charge < -0.3 is 10.5 Å². The second kappa shape index (κ2) is 7.58. The van der Waals surface area contributed by atoms with E-state index in [1.54, 1.807) is 19.1 Å². The molecule has 17 heavy (non-hydrogen) atoms. The van der Waals surface area contributed by atoms with Crippen molar-refractivity contribution in [2.75, 3.05) is 6.61 Å². The zero-order valence-electron chi connectivity index (χ0n) is 9.10. The van der Waals surface area contributed by atoms with Gasteiger partial charge in [0, 0.05) is 11.8 Å². The summed E-state index contributed by atoms with van der Waals surface area (Å²) in [6.45, 7) is 1.73. The van der Waals surface area contributed by atoms with Crippen LogP contribution in [-0.4, -0.2) is 23.7 Å². The summed E-state index contributed by atoms with van der Waals surface area (Å²) in [5.41, 5.74) is 6.06. The largest absolute Gasteiger partial charge is 0.464 e. The Kier molecular flexibility index (Phi) is 7.26. The van der Waals surface area contributed by atoms with E-state index < -0.39 is 18.2 Å². The fourth-order valence-electron chi connectivity index (χ4n) is 1.17. The quantitative estimate of drug-likeness (QED) is 0.680. The van der Waals surface area contributed by atoms with Crippen LogP contribution in [0.25, 0.3) is 0 Å². The highest BCUT2D eigenvalue weighted by molar-refractivity contribution is 9.10. The SMILES string of the molecule is CCOC(=O)C(F)[C@H](N)c1cccnc1Br.Cl. The number of ether oxygens (including phenoxy) is 1. The summed E-state index contributed by atoms with van der Waals surface area (Å²) in [7, 11) is 0. The van der Waals surface area contributed by atoms with E-state index >= 15 is 0 Å². The Balaban J connectivity index is 0.00000256. The Bertz CT molecular complexity index is 381. The third kappa shape index (κ3) is 4.22. The first kappa shape index (κ1) is 16.3. The van der Waals surface area contributed by atoms with Gasteiger partial charge in [0.05, 0.1) is 12.6 Å². The van der Waals surface area contributed by atoms with Crippen LogP contribution in [0.5, 0.6) is 0 Å². The Morgan fingerprint density at radius 1 is 1.71 bits per heavy atom. The smallest absolute Gasteiger partial charge is 0.342 e. The first-order valence-corrected chi connectivity index (χ1v) is 5.54. The zero-order chi connectivity index (χ0) is 12.1. The Hall–Kier alpha value is -0.720. The second-order valence-electron chi connectivity index (χ2n) is 3.06. The number of nitrogens with two attached hydrogens (primary N) is 1. The Morgan fingerprint density at radius 3 is 2.88 bits per heavy atom. The first-order valence-electron chi connectivity index (χ1n) is 4.74.